The highest BCUT2D eigenvalue weighted by atomic mass is 16.5. The smallest absolute Gasteiger partial charge is 0.272 e. The largest absolute Gasteiger partial charge is 0.497 e. The molecule has 0 radical (unpaired) electrons. The van der Waals surface area contributed by atoms with E-state index in [9.17, 15) is 4.79 Å². The molecule has 2 heterocycles. The highest BCUT2D eigenvalue weighted by Gasteiger charge is 2.23. The van der Waals surface area contributed by atoms with E-state index < -0.39 is 0 Å². The van der Waals surface area contributed by atoms with Gasteiger partial charge in [-0.15, -0.1) is 0 Å². The molecule has 7 heteroatoms. The maximum Gasteiger partial charge on any atom is 0.272 e. The molecule has 1 amide bonds. The number of fused-ring (bicyclic) bond motifs is 1. The van der Waals surface area contributed by atoms with Gasteiger partial charge in [0.05, 0.1) is 18.5 Å². The fraction of sp³-hybridized carbons (Fsp3) is 0.219. The van der Waals surface area contributed by atoms with E-state index >= 15 is 0 Å². The number of methoxy groups -OCH3 is 1. The molecule has 0 aliphatic carbocycles. The molecule has 0 atom stereocenters. The Morgan fingerprint density at radius 1 is 0.872 bits per heavy atom. The zero-order valence-electron chi connectivity index (χ0n) is 22.8. The highest BCUT2D eigenvalue weighted by molar-refractivity contribution is 5.95. The average Bonchev–Trinajstić information content (AvgIpc) is 3.31. The normalized spacial score (nSPS) is 11.2. The molecule has 0 saturated heterocycles. The molecule has 0 fully saturated rings. The second-order valence-corrected chi connectivity index (χ2v) is 9.83. The van der Waals surface area contributed by atoms with E-state index in [1.165, 1.54) is 0 Å². The van der Waals surface area contributed by atoms with E-state index in [-0.39, 0.29) is 5.91 Å². The van der Waals surface area contributed by atoms with Crippen LogP contribution >= 0.6 is 0 Å². The van der Waals surface area contributed by atoms with Crippen LogP contribution in [0.25, 0.3) is 28.0 Å². The van der Waals surface area contributed by atoms with Crippen molar-refractivity contribution < 1.29 is 9.53 Å². The fourth-order valence-corrected chi connectivity index (χ4v) is 4.68. The minimum absolute atomic E-state index is 0.115. The highest BCUT2D eigenvalue weighted by Crippen LogP contribution is 2.31. The number of nitrogens with zero attached hydrogens (tertiary/aromatic N) is 5. The lowest BCUT2D eigenvalue weighted by Gasteiger charge is -2.24. The van der Waals surface area contributed by atoms with Gasteiger partial charge in [-0.3, -0.25) is 4.79 Å². The van der Waals surface area contributed by atoms with Gasteiger partial charge in [0.25, 0.3) is 5.91 Å². The summed E-state index contributed by atoms with van der Waals surface area (Å²) in [6.45, 7) is 3.81. The van der Waals surface area contributed by atoms with Crippen molar-refractivity contribution in [2.24, 2.45) is 0 Å². The minimum Gasteiger partial charge on any atom is -0.497 e. The summed E-state index contributed by atoms with van der Waals surface area (Å²) in [5, 5.41) is 4.87. The molecule has 2 aromatic heterocycles. The van der Waals surface area contributed by atoms with Crippen LogP contribution in [0.5, 0.6) is 5.75 Å². The van der Waals surface area contributed by atoms with Crippen LogP contribution in [0, 0.1) is 6.92 Å². The summed E-state index contributed by atoms with van der Waals surface area (Å²) in [4.78, 5) is 23.0. The van der Waals surface area contributed by atoms with Crippen molar-refractivity contribution >= 4 is 11.6 Å². The molecule has 0 N–H and O–H groups in total. The van der Waals surface area contributed by atoms with Crippen LogP contribution in [0.1, 0.15) is 21.7 Å². The van der Waals surface area contributed by atoms with Crippen molar-refractivity contribution in [3.05, 3.63) is 108 Å². The number of hydrogen-bond donors (Lipinski definition) is 0. The van der Waals surface area contributed by atoms with Crippen molar-refractivity contribution in [1.82, 2.24) is 24.4 Å². The molecule has 0 bridgehead atoms. The van der Waals surface area contributed by atoms with Crippen molar-refractivity contribution in [3.63, 3.8) is 0 Å². The Hall–Kier alpha value is -4.49. The van der Waals surface area contributed by atoms with E-state index in [2.05, 4.69) is 4.90 Å². The van der Waals surface area contributed by atoms with E-state index in [4.69, 9.17) is 14.8 Å². The first-order valence-corrected chi connectivity index (χ1v) is 13.0. The van der Waals surface area contributed by atoms with Gasteiger partial charge in [0.2, 0.25) is 0 Å². The summed E-state index contributed by atoms with van der Waals surface area (Å²) in [7, 11) is 5.67. The molecule has 5 aromatic rings. The Labute approximate surface area is 229 Å². The summed E-state index contributed by atoms with van der Waals surface area (Å²) in [6.07, 6.45) is 0. The zero-order chi connectivity index (χ0) is 27.4. The summed E-state index contributed by atoms with van der Waals surface area (Å²) in [5.41, 5.74) is 6.61. The maximum absolute atomic E-state index is 14.1. The van der Waals surface area contributed by atoms with Gasteiger partial charge >= 0.3 is 0 Å². The lowest BCUT2D eigenvalue weighted by Crippen LogP contribution is -2.36. The number of ether oxygens (including phenoxy) is 1. The predicted molar refractivity (Wildman–Crippen MR) is 155 cm³/mol. The standard InChI is InChI=1S/C32H33N5O2/c1-23-30(26-13-9-6-10-14-26)31-33-28(21-29(37(31)34-23)25-15-17-27(39-4)18-16-25)32(38)36(20-19-35(2)3)22-24-11-7-5-8-12-24/h5-18,21H,19-20,22H2,1-4H3. The molecule has 198 valence electrons. The Bertz CT molecular complexity index is 1560. The Kier molecular flexibility index (Phi) is 7.70. The van der Waals surface area contributed by atoms with Crippen LogP contribution in [0.15, 0.2) is 91.0 Å². The number of carbonyl (C=O) groups is 1. The molecule has 3 aromatic carbocycles. The monoisotopic (exact) mass is 519 g/mol. The summed E-state index contributed by atoms with van der Waals surface area (Å²) in [5.74, 6) is 0.649. The lowest BCUT2D eigenvalue weighted by molar-refractivity contribution is 0.0726. The Balaban J connectivity index is 1.66. The summed E-state index contributed by atoms with van der Waals surface area (Å²) >= 11 is 0. The fourth-order valence-electron chi connectivity index (χ4n) is 4.68. The van der Waals surface area contributed by atoms with Gasteiger partial charge in [0, 0.05) is 30.8 Å². The van der Waals surface area contributed by atoms with Crippen LogP contribution in [-0.4, -0.2) is 64.6 Å². The second-order valence-electron chi connectivity index (χ2n) is 9.83. The quantitative estimate of drug-likeness (QED) is 0.254. The molecule has 7 nitrogen and oxygen atoms in total. The second kappa shape index (κ2) is 11.5. The van der Waals surface area contributed by atoms with E-state index in [1.54, 1.807) is 7.11 Å². The van der Waals surface area contributed by atoms with Gasteiger partial charge in [0.15, 0.2) is 5.65 Å². The zero-order valence-corrected chi connectivity index (χ0v) is 22.8. The summed E-state index contributed by atoms with van der Waals surface area (Å²) < 4.78 is 7.22. The molecule has 0 spiro atoms. The number of amides is 1. The van der Waals surface area contributed by atoms with E-state index in [1.807, 2.05) is 121 Å². The first-order valence-electron chi connectivity index (χ1n) is 13.0. The molecule has 39 heavy (non-hydrogen) atoms. The predicted octanol–water partition coefficient (Wildman–Crippen LogP) is 5.58. The number of rotatable bonds is 9. The molecule has 0 aliphatic heterocycles. The van der Waals surface area contributed by atoms with Gasteiger partial charge in [0.1, 0.15) is 11.4 Å². The molecular formula is C32H33N5O2. The van der Waals surface area contributed by atoms with Crippen molar-refractivity contribution in [2.45, 2.75) is 13.5 Å². The van der Waals surface area contributed by atoms with Crippen LogP contribution in [0.2, 0.25) is 0 Å². The molecule has 0 saturated carbocycles. The number of benzene rings is 3. The third kappa shape index (κ3) is 5.68. The number of aromatic nitrogens is 3. The van der Waals surface area contributed by atoms with Crippen LogP contribution in [-0.2, 0) is 6.54 Å². The number of aryl methyl sites for hydroxylation is 1. The van der Waals surface area contributed by atoms with Crippen LogP contribution in [0.4, 0.5) is 0 Å². The van der Waals surface area contributed by atoms with Crippen molar-refractivity contribution in [1.29, 1.82) is 0 Å². The van der Waals surface area contributed by atoms with Gasteiger partial charge < -0.3 is 14.5 Å². The molecule has 0 aliphatic rings. The van der Waals surface area contributed by atoms with Crippen molar-refractivity contribution in [3.8, 4) is 28.1 Å². The first-order chi connectivity index (χ1) is 18.9. The van der Waals surface area contributed by atoms with Crippen molar-refractivity contribution in [2.75, 3.05) is 34.3 Å². The van der Waals surface area contributed by atoms with Gasteiger partial charge in [-0.2, -0.15) is 5.10 Å². The molecule has 0 unspecified atom stereocenters. The summed E-state index contributed by atoms with van der Waals surface area (Å²) in [6, 6.07) is 29.8. The maximum atomic E-state index is 14.1. The number of hydrogen-bond acceptors (Lipinski definition) is 5. The Morgan fingerprint density at radius 3 is 2.18 bits per heavy atom. The van der Waals surface area contributed by atoms with Gasteiger partial charge in [-0.1, -0.05) is 60.7 Å². The van der Waals surface area contributed by atoms with Gasteiger partial charge in [-0.05, 0) is 62.5 Å². The van der Waals surface area contributed by atoms with Crippen LogP contribution in [0.3, 0.4) is 0 Å². The molecular weight excluding hydrogens is 486 g/mol. The Morgan fingerprint density at radius 2 is 1.54 bits per heavy atom. The third-order valence-electron chi connectivity index (χ3n) is 6.75. The first kappa shape index (κ1) is 26.1. The van der Waals surface area contributed by atoms with Gasteiger partial charge in [-0.25, -0.2) is 9.50 Å². The molecule has 5 rings (SSSR count). The number of likely N-dealkylation sites (N-methyl/N-ethyl adjacent to an activating group) is 1. The topological polar surface area (TPSA) is 63.0 Å². The number of carbonyl (C=O) groups excluding carboxylic acids is 1. The SMILES string of the molecule is COc1ccc(-c2cc(C(=O)N(CCN(C)C)Cc3ccccc3)nc3c(-c4ccccc4)c(C)nn23)cc1. The lowest BCUT2D eigenvalue weighted by atomic mass is 10.1. The van der Waals surface area contributed by atoms with E-state index in [0.29, 0.717) is 24.4 Å². The average molecular weight is 520 g/mol. The minimum atomic E-state index is -0.115. The third-order valence-corrected chi connectivity index (χ3v) is 6.75. The van der Waals surface area contributed by atoms with Crippen LogP contribution < -0.4 is 4.74 Å². The van der Waals surface area contributed by atoms with E-state index in [0.717, 1.165) is 45.9 Å².